The van der Waals surface area contributed by atoms with Gasteiger partial charge in [0.1, 0.15) is 5.56 Å². The third-order valence-corrected chi connectivity index (χ3v) is 3.18. The molecule has 2 rings (SSSR count). The van der Waals surface area contributed by atoms with Crippen LogP contribution in [0.3, 0.4) is 0 Å². The minimum atomic E-state index is -0.908. The molecule has 3 heteroatoms. The van der Waals surface area contributed by atoms with E-state index in [1.165, 1.54) is 0 Å². The summed E-state index contributed by atoms with van der Waals surface area (Å²) in [4.78, 5) is 15.1. The van der Waals surface area contributed by atoms with Crippen molar-refractivity contribution < 1.29 is 9.90 Å². The molecule has 0 bridgehead atoms. The molecule has 0 saturated carbocycles. The normalized spacial score (nSPS) is 9.76. The second kappa shape index (κ2) is 7.25. The first-order valence-corrected chi connectivity index (χ1v) is 7.07. The molecule has 3 nitrogen and oxygen atoms in total. The average molecular weight is 280 g/mol. The summed E-state index contributed by atoms with van der Waals surface area (Å²) in [7, 11) is 0. The molecule has 0 aliphatic heterocycles. The Morgan fingerprint density at radius 2 is 1.62 bits per heavy atom. The van der Waals surface area contributed by atoms with E-state index in [4.69, 9.17) is 5.11 Å². The molecule has 0 fully saturated rings. The maximum atomic E-state index is 10.8. The van der Waals surface area contributed by atoms with Gasteiger partial charge in [0.25, 0.3) is 6.54 Å². The van der Waals surface area contributed by atoms with Crippen LogP contribution in [-0.4, -0.2) is 17.6 Å². The van der Waals surface area contributed by atoms with Crippen LogP contribution >= 0.6 is 0 Å². The Kier molecular flexibility index (Phi) is 5.11. The topological polar surface area (TPSA) is 41.7 Å². The second-order valence-electron chi connectivity index (χ2n) is 4.81. The molecule has 0 atom stereocenters. The van der Waals surface area contributed by atoms with Crippen LogP contribution in [-0.2, 0) is 0 Å². The number of hydrogen-bond acceptors (Lipinski definition) is 1. The van der Waals surface area contributed by atoms with Crippen LogP contribution in [0.15, 0.2) is 48.5 Å². The largest absolute Gasteiger partial charge is 0.478 e. The van der Waals surface area contributed by atoms with E-state index >= 15 is 0 Å². The third kappa shape index (κ3) is 4.19. The number of rotatable bonds is 4. The van der Waals surface area contributed by atoms with Crippen LogP contribution in [0.2, 0.25) is 0 Å². The molecule has 0 saturated heterocycles. The fourth-order valence-electron chi connectivity index (χ4n) is 1.93. The SMILES string of the molecule is CCCC[N+]#Cc1ccc(-c2ccc(C(=O)O)cc2)cc1. The van der Waals surface area contributed by atoms with Crippen LogP contribution in [0.1, 0.15) is 35.7 Å². The van der Waals surface area contributed by atoms with Gasteiger partial charge in [-0.3, -0.25) is 0 Å². The highest BCUT2D eigenvalue weighted by molar-refractivity contribution is 5.88. The quantitative estimate of drug-likeness (QED) is 0.836. The zero-order chi connectivity index (χ0) is 15.1. The van der Waals surface area contributed by atoms with Crippen LogP contribution in [0.5, 0.6) is 0 Å². The van der Waals surface area contributed by atoms with Crippen LogP contribution in [0.25, 0.3) is 16.0 Å². The summed E-state index contributed by atoms with van der Waals surface area (Å²) >= 11 is 0. The number of carboxylic acids is 1. The molecule has 0 unspecified atom stereocenters. The average Bonchev–Trinajstić information content (AvgIpc) is 2.52. The zero-order valence-electron chi connectivity index (χ0n) is 12.0. The number of carbonyl (C=O) groups is 1. The van der Waals surface area contributed by atoms with Crippen LogP contribution < -0.4 is 0 Å². The first-order valence-electron chi connectivity index (χ1n) is 7.07. The molecule has 0 amide bonds. The molecule has 0 aliphatic rings. The van der Waals surface area contributed by atoms with Crippen molar-refractivity contribution in [1.82, 2.24) is 0 Å². The summed E-state index contributed by atoms with van der Waals surface area (Å²) in [5.41, 5.74) is 3.30. The van der Waals surface area contributed by atoms with Gasteiger partial charge in [0, 0.05) is 6.42 Å². The van der Waals surface area contributed by atoms with E-state index in [9.17, 15) is 4.79 Å². The van der Waals surface area contributed by atoms with E-state index < -0.39 is 5.97 Å². The number of benzene rings is 2. The fraction of sp³-hybridized carbons (Fsp3) is 0.222. The van der Waals surface area contributed by atoms with Gasteiger partial charge in [-0.1, -0.05) is 36.0 Å². The van der Waals surface area contributed by atoms with Crippen molar-refractivity contribution in [3.05, 3.63) is 64.5 Å². The Morgan fingerprint density at radius 3 is 2.14 bits per heavy atom. The lowest BCUT2D eigenvalue weighted by Gasteiger charge is -2.01. The number of nitrogens with zero attached hydrogens (tertiary/aromatic N) is 1. The molecule has 2 aromatic rings. The van der Waals surface area contributed by atoms with Crippen molar-refractivity contribution in [2.75, 3.05) is 6.54 Å². The van der Waals surface area contributed by atoms with Gasteiger partial charge < -0.3 is 5.11 Å². The lowest BCUT2D eigenvalue weighted by atomic mass is 10.0. The van der Waals surface area contributed by atoms with Crippen molar-refractivity contribution in [3.63, 3.8) is 0 Å². The van der Waals surface area contributed by atoms with Gasteiger partial charge in [0.15, 0.2) is 0 Å². The minimum Gasteiger partial charge on any atom is -0.478 e. The van der Waals surface area contributed by atoms with Gasteiger partial charge in [0.2, 0.25) is 0 Å². The Labute approximate surface area is 124 Å². The standard InChI is InChI=1S/C18H17NO2/c1-2-3-12-19-13-14-4-6-15(7-5-14)16-8-10-17(11-9-16)18(20)21/h4-11H,2-3,12H2,1H3/p+1. The second-order valence-corrected chi connectivity index (χ2v) is 4.81. The molecule has 0 aliphatic carbocycles. The lowest BCUT2D eigenvalue weighted by Crippen LogP contribution is -1.94. The van der Waals surface area contributed by atoms with E-state index in [-0.39, 0.29) is 0 Å². The molecule has 0 aromatic heterocycles. The molecular formula is C18H18NO2+. The number of unbranched alkanes of at least 4 members (excludes halogenated alkanes) is 1. The van der Waals surface area contributed by atoms with Gasteiger partial charge in [-0.2, -0.15) is 0 Å². The lowest BCUT2D eigenvalue weighted by molar-refractivity contribution is 0.0697. The summed E-state index contributed by atoms with van der Waals surface area (Å²) in [6.07, 6.45) is 2.22. The zero-order valence-corrected chi connectivity index (χ0v) is 12.0. The first-order chi connectivity index (χ1) is 10.2. The highest BCUT2D eigenvalue weighted by Crippen LogP contribution is 2.20. The summed E-state index contributed by atoms with van der Waals surface area (Å²) in [6, 6.07) is 17.8. The van der Waals surface area contributed by atoms with E-state index in [1.54, 1.807) is 12.1 Å². The van der Waals surface area contributed by atoms with Gasteiger partial charge in [0.05, 0.1) is 5.56 Å². The maximum absolute atomic E-state index is 10.8. The third-order valence-electron chi connectivity index (χ3n) is 3.18. The van der Waals surface area contributed by atoms with Crippen molar-refractivity contribution in [2.45, 2.75) is 19.8 Å². The highest BCUT2D eigenvalue weighted by Gasteiger charge is 2.03. The predicted octanol–water partition coefficient (Wildman–Crippen LogP) is 4.53. The number of carboxylic acid groups (broad SMARTS) is 1. The van der Waals surface area contributed by atoms with Gasteiger partial charge in [-0.15, -0.1) is 0 Å². The highest BCUT2D eigenvalue weighted by atomic mass is 16.4. The number of aromatic carboxylic acids is 1. The number of hydrogen-bond donors (Lipinski definition) is 1. The summed E-state index contributed by atoms with van der Waals surface area (Å²) in [5.74, 6) is -0.908. The predicted molar refractivity (Wildman–Crippen MR) is 85.0 cm³/mol. The van der Waals surface area contributed by atoms with Crippen molar-refractivity contribution in [2.24, 2.45) is 0 Å². The maximum Gasteiger partial charge on any atom is 0.335 e. The van der Waals surface area contributed by atoms with Crippen molar-refractivity contribution >= 4 is 5.97 Å². The molecule has 0 radical (unpaired) electrons. The molecule has 0 spiro atoms. The Balaban J connectivity index is 2.10. The minimum absolute atomic E-state index is 0.298. The Hall–Kier alpha value is -2.60. The molecular weight excluding hydrogens is 262 g/mol. The van der Waals surface area contributed by atoms with E-state index in [0.717, 1.165) is 36.1 Å². The van der Waals surface area contributed by atoms with E-state index in [0.29, 0.717) is 5.56 Å². The van der Waals surface area contributed by atoms with Crippen LogP contribution in [0, 0.1) is 6.07 Å². The van der Waals surface area contributed by atoms with Crippen molar-refractivity contribution in [1.29, 1.82) is 0 Å². The van der Waals surface area contributed by atoms with Gasteiger partial charge in [-0.05, 0) is 41.8 Å². The smallest absolute Gasteiger partial charge is 0.335 e. The first kappa shape index (κ1) is 14.8. The van der Waals surface area contributed by atoms with Gasteiger partial charge >= 0.3 is 12.0 Å². The summed E-state index contributed by atoms with van der Waals surface area (Å²) in [6.45, 7) is 2.95. The summed E-state index contributed by atoms with van der Waals surface area (Å²) in [5, 5.41) is 8.88. The van der Waals surface area contributed by atoms with E-state index in [2.05, 4.69) is 17.8 Å². The monoisotopic (exact) mass is 280 g/mol. The Bertz CT molecular complexity index is 661. The molecule has 106 valence electrons. The molecule has 1 N–H and O–H groups in total. The molecule has 2 aromatic carbocycles. The van der Waals surface area contributed by atoms with E-state index in [1.807, 2.05) is 36.4 Å². The van der Waals surface area contributed by atoms with Crippen molar-refractivity contribution in [3.8, 4) is 17.2 Å². The van der Waals surface area contributed by atoms with Gasteiger partial charge in [-0.25, -0.2) is 4.79 Å². The Morgan fingerprint density at radius 1 is 1.05 bits per heavy atom. The van der Waals surface area contributed by atoms with Crippen LogP contribution in [0.4, 0.5) is 0 Å². The summed E-state index contributed by atoms with van der Waals surface area (Å²) < 4.78 is 0. The molecule has 21 heavy (non-hydrogen) atoms. The molecule has 0 heterocycles. The fourth-order valence-corrected chi connectivity index (χ4v) is 1.93.